The van der Waals surface area contributed by atoms with Crippen molar-refractivity contribution in [2.45, 2.75) is 25.7 Å². The van der Waals surface area contributed by atoms with Gasteiger partial charge in [0.15, 0.2) is 0 Å². The Balaban J connectivity index is 1.75. The molecule has 20 heavy (non-hydrogen) atoms. The molecule has 1 heterocycles. The van der Waals surface area contributed by atoms with Crippen molar-refractivity contribution in [2.75, 3.05) is 18.1 Å². The lowest BCUT2D eigenvalue weighted by atomic mass is 9.91. The zero-order chi connectivity index (χ0) is 13.4. The lowest BCUT2D eigenvalue weighted by Crippen LogP contribution is -2.28. The molecule has 4 rings (SSSR count). The van der Waals surface area contributed by atoms with Gasteiger partial charge in [0.1, 0.15) is 12.4 Å². The van der Waals surface area contributed by atoms with Crippen molar-refractivity contribution in [1.29, 1.82) is 0 Å². The average Bonchev–Trinajstić information content (AvgIpc) is 2.54. The van der Waals surface area contributed by atoms with Gasteiger partial charge in [0.05, 0.1) is 12.2 Å². The maximum atomic E-state index is 5.75. The van der Waals surface area contributed by atoms with E-state index in [1.165, 1.54) is 42.6 Å². The van der Waals surface area contributed by atoms with E-state index in [-0.39, 0.29) is 0 Å². The lowest BCUT2D eigenvalue weighted by Gasteiger charge is -2.32. The molecule has 0 atom stereocenters. The van der Waals surface area contributed by atoms with Gasteiger partial charge in [-0.3, -0.25) is 0 Å². The molecular formula is C18H19NO. The topological polar surface area (TPSA) is 12.5 Å². The van der Waals surface area contributed by atoms with E-state index in [1.807, 2.05) is 6.07 Å². The lowest BCUT2D eigenvalue weighted by molar-refractivity contribution is 0.314. The molecule has 0 bridgehead atoms. The van der Waals surface area contributed by atoms with Crippen LogP contribution in [0.15, 0.2) is 42.5 Å². The zero-order valence-corrected chi connectivity index (χ0v) is 11.6. The molecule has 1 aliphatic carbocycles. The predicted octanol–water partition coefficient (Wildman–Crippen LogP) is 4.10. The third-order valence-electron chi connectivity index (χ3n) is 4.37. The molecule has 1 aliphatic heterocycles. The Labute approximate surface area is 120 Å². The average molecular weight is 265 g/mol. The van der Waals surface area contributed by atoms with Crippen molar-refractivity contribution < 1.29 is 4.74 Å². The van der Waals surface area contributed by atoms with Gasteiger partial charge in [-0.25, -0.2) is 0 Å². The molecule has 0 aromatic heterocycles. The summed E-state index contributed by atoms with van der Waals surface area (Å²) >= 11 is 0. The zero-order valence-electron chi connectivity index (χ0n) is 11.6. The highest BCUT2D eigenvalue weighted by Gasteiger charge is 2.20. The second-order valence-electron chi connectivity index (χ2n) is 5.63. The Kier molecular flexibility index (Phi) is 2.87. The van der Waals surface area contributed by atoms with Crippen molar-refractivity contribution in [2.24, 2.45) is 0 Å². The molecular weight excluding hydrogens is 246 g/mol. The Morgan fingerprint density at radius 1 is 0.900 bits per heavy atom. The number of ether oxygens (including phenoxy) is 1. The van der Waals surface area contributed by atoms with Gasteiger partial charge in [-0.2, -0.15) is 0 Å². The van der Waals surface area contributed by atoms with Crippen LogP contribution in [0.2, 0.25) is 0 Å². The predicted molar refractivity (Wildman–Crippen MR) is 82.0 cm³/mol. The SMILES string of the molecule is c1ccc2c(c1)OCCN2c1ccc2c(c1)CCCC2. The maximum absolute atomic E-state index is 5.75. The van der Waals surface area contributed by atoms with Gasteiger partial charge in [-0.1, -0.05) is 18.2 Å². The van der Waals surface area contributed by atoms with Crippen molar-refractivity contribution in [1.82, 2.24) is 0 Å². The first-order valence-electron chi connectivity index (χ1n) is 7.53. The van der Waals surface area contributed by atoms with E-state index in [2.05, 4.69) is 41.3 Å². The third-order valence-corrected chi connectivity index (χ3v) is 4.37. The minimum absolute atomic E-state index is 0.758. The summed E-state index contributed by atoms with van der Waals surface area (Å²) in [5, 5.41) is 0. The van der Waals surface area contributed by atoms with Crippen LogP contribution in [-0.2, 0) is 12.8 Å². The summed E-state index contributed by atoms with van der Waals surface area (Å²) in [4.78, 5) is 2.38. The van der Waals surface area contributed by atoms with Crippen molar-refractivity contribution in [3.05, 3.63) is 53.6 Å². The molecule has 0 saturated carbocycles. The number of aryl methyl sites for hydroxylation is 2. The standard InChI is InChI=1S/C18H19NO/c1-2-6-15-13-16(10-9-14(15)5-1)19-11-12-20-18-8-4-3-7-17(18)19/h3-4,7-10,13H,1-2,5-6,11-12H2. The molecule has 0 N–H and O–H groups in total. The molecule has 0 spiro atoms. The van der Waals surface area contributed by atoms with Crippen molar-refractivity contribution >= 4 is 11.4 Å². The Morgan fingerprint density at radius 3 is 2.70 bits per heavy atom. The fourth-order valence-electron chi connectivity index (χ4n) is 3.33. The highest BCUT2D eigenvalue weighted by atomic mass is 16.5. The van der Waals surface area contributed by atoms with E-state index in [9.17, 15) is 0 Å². The minimum Gasteiger partial charge on any atom is -0.490 e. The van der Waals surface area contributed by atoms with Crippen molar-refractivity contribution in [3.63, 3.8) is 0 Å². The van der Waals surface area contributed by atoms with E-state index in [4.69, 9.17) is 4.74 Å². The van der Waals surface area contributed by atoms with E-state index in [0.29, 0.717) is 0 Å². The summed E-state index contributed by atoms with van der Waals surface area (Å²) in [6.07, 6.45) is 5.15. The summed E-state index contributed by atoms with van der Waals surface area (Å²) < 4.78 is 5.75. The second-order valence-corrected chi connectivity index (χ2v) is 5.63. The molecule has 2 aliphatic rings. The van der Waals surface area contributed by atoms with Gasteiger partial charge in [0, 0.05) is 5.69 Å². The quantitative estimate of drug-likeness (QED) is 0.770. The van der Waals surface area contributed by atoms with Crippen molar-refractivity contribution in [3.8, 4) is 5.75 Å². The van der Waals surface area contributed by atoms with Crippen LogP contribution in [0.3, 0.4) is 0 Å². The number of rotatable bonds is 1. The van der Waals surface area contributed by atoms with Crippen LogP contribution < -0.4 is 9.64 Å². The largest absolute Gasteiger partial charge is 0.490 e. The molecule has 2 aromatic carbocycles. The number of nitrogens with zero attached hydrogens (tertiary/aromatic N) is 1. The Morgan fingerprint density at radius 2 is 1.75 bits per heavy atom. The Bertz CT molecular complexity index is 635. The monoisotopic (exact) mass is 265 g/mol. The fourth-order valence-corrected chi connectivity index (χ4v) is 3.33. The van der Waals surface area contributed by atoms with Crippen LogP contribution in [0.25, 0.3) is 0 Å². The molecule has 0 amide bonds. The molecule has 0 fully saturated rings. The van der Waals surface area contributed by atoms with E-state index >= 15 is 0 Å². The molecule has 0 unspecified atom stereocenters. The van der Waals surface area contributed by atoms with Gasteiger partial charge < -0.3 is 9.64 Å². The summed E-state index contributed by atoms with van der Waals surface area (Å²) in [5.74, 6) is 0.997. The van der Waals surface area contributed by atoms with Gasteiger partial charge in [-0.15, -0.1) is 0 Å². The number of para-hydroxylation sites is 2. The van der Waals surface area contributed by atoms with E-state index in [0.717, 1.165) is 18.9 Å². The van der Waals surface area contributed by atoms with Gasteiger partial charge in [-0.05, 0) is 61.1 Å². The normalized spacial score (nSPS) is 17.1. The number of fused-ring (bicyclic) bond motifs is 2. The van der Waals surface area contributed by atoms with Gasteiger partial charge in [0.2, 0.25) is 0 Å². The second kappa shape index (κ2) is 4.86. The number of benzene rings is 2. The Hall–Kier alpha value is -1.96. The van der Waals surface area contributed by atoms with Crippen LogP contribution in [-0.4, -0.2) is 13.2 Å². The van der Waals surface area contributed by atoms with Gasteiger partial charge in [0.25, 0.3) is 0 Å². The fraction of sp³-hybridized carbons (Fsp3) is 0.333. The molecule has 2 aromatic rings. The first-order valence-corrected chi connectivity index (χ1v) is 7.53. The molecule has 0 saturated heterocycles. The van der Waals surface area contributed by atoms with E-state index < -0.39 is 0 Å². The highest BCUT2D eigenvalue weighted by molar-refractivity contribution is 5.71. The summed E-state index contributed by atoms with van der Waals surface area (Å²) in [5.41, 5.74) is 5.58. The smallest absolute Gasteiger partial charge is 0.143 e. The number of anilines is 2. The summed E-state index contributed by atoms with van der Waals surface area (Å²) in [6, 6.07) is 15.3. The minimum atomic E-state index is 0.758. The van der Waals surface area contributed by atoms with Crippen LogP contribution in [0.5, 0.6) is 5.75 Å². The van der Waals surface area contributed by atoms with Crippen LogP contribution >= 0.6 is 0 Å². The molecule has 2 heteroatoms. The third kappa shape index (κ3) is 1.96. The van der Waals surface area contributed by atoms with Crippen LogP contribution in [0, 0.1) is 0 Å². The number of hydrogen-bond donors (Lipinski definition) is 0. The van der Waals surface area contributed by atoms with Gasteiger partial charge >= 0.3 is 0 Å². The van der Waals surface area contributed by atoms with Crippen LogP contribution in [0.1, 0.15) is 24.0 Å². The molecule has 0 radical (unpaired) electrons. The maximum Gasteiger partial charge on any atom is 0.143 e. The molecule has 2 nitrogen and oxygen atoms in total. The van der Waals surface area contributed by atoms with Crippen LogP contribution in [0.4, 0.5) is 11.4 Å². The first kappa shape index (κ1) is 11.8. The summed E-state index contributed by atoms with van der Waals surface area (Å²) in [7, 11) is 0. The highest BCUT2D eigenvalue weighted by Crippen LogP contribution is 2.37. The van der Waals surface area contributed by atoms with E-state index in [1.54, 1.807) is 5.56 Å². The first-order chi connectivity index (χ1) is 9.92. The summed E-state index contributed by atoms with van der Waals surface area (Å²) in [6.45, 7) is 1.68. The number of hydrogen-bond acceptors (Lipinski definition) is 2. The molecule has 102 valence electrons.